The van der Waals surface area contributed by atoms with E-state index in [-0.39, 0.29) is 24.7 Å². The normalized spacial score (nSPS) is 26.7. The van der Waals surface area contributed by atoms with E-state index >= 15 is 0 Å². The Labute approximate surface area is 149 Å². The first-order valence-electron chi connectivity index (χ1n) is 8.56. The highest BCUT2D eigenvalue weighted by Crippen LogP contribution is 2.26. The minimum Gasteiger partial charge on any atom is -0.396 e. The number of nitrogens with one attached hydrogen (secondary N) is 1. The lowest BCUT2D eigenvalue weighted by atomic mass is 10.1. The number of anilines is 1. The Balaban J connectivity index is 1.39. The van der Waals surface area contributed by atoms with Crippen LogP contribution in [0.15, 0.2) is 18.2 Å². The number of benzene rings is 1. The number of nitrogens with two attached hydrogens (primary N) is 1. The van der Waals surface area contributed by atoms with E-state index in [0.717, 1.165) is 29.7 Å². The molecule has 2 fully saturated rings. The van der Waals surface area contributed by atoms with E-state index in [1.54, 1.807) is 6.07 Å². The van der Waals surface area contributed by atoms with Crippen LogP contribution in [-0.4, -0.2) is 65.4 Å². The van der Waals surface area contributed by atoms with Gasteiger partial charge in [-0.2, -0.15) is 0 Å². The number of hydrogen-bond donors (Lipinski definition) is 3. The number of amides is 1. The summed E-state index contributed by atoms with van der Waals surface area (Å²) in [4.78, 5) is 19.2. The van der Waals surface area contributed by atoms with Gasteiger partial charge in [0.1, 0.15) is 0 Å². The topological polar surface area (TPSA) is 101 Å². The van der Waals surface area contributed by atoms with Crippen molar-refractivity contribution in [3.63, 3.8) is 0 Å². The predicted molar refractivity (Wildman–Crippen MR) is 96.7 cm³/mol. The number of aliphatic hydroxyl groups excluding tert-OH is 1. The van der Waals surface area contributed by atoms with Crippen LogP contribution >= 0.6 is 11.3 Å². The maximum absolute atomic E-state index is 12.6. The average Bonchev–Trinajstić information content (AvgIpc) is 3.15. The highest BCUT2D eigenvalue weighted by molar-refractivity contribution is 7.22. The first-order valence-corrected chi connectivity index (χ1v) is 9.37. The van der Waals surface area contributed by atoms with Crippen molar-refractivity contribution in [3.05, 3.63) is 23.8 Å². The van der Waals surface area contributed by atoms with E-state index in [0.29, 0.717) is 29.8 Å². The van der Waals surface area contributed by atoms with E-state index in [9.17, 15) is 4.79 Å². The predicted octanol–water partition coefficient (Wildman–Crippen LogP) is 0.832. The third kappa shape index (κ3) is 3.48. The number of carbonyl (C=O) groups excluding carboxylic acids is 1. The van der Waals surface area contributed by atoms with Crippen LogP contribution in [0, 0.1) is 0 Å². The number of rotatable bonds is 4. The average molecular weight is 362 g/mol. The van der Waals surface area contributed by atoms with Gasteiger partial charge < -0.3 is 20.9 Å². The molecule has 0 radical (unpaired) electrons. The number of nitrogen functional groups attached to an aromatic ring is 1. The summed E-state index contributed by atoms with van der Waals surface area (Å²) in [5, 5.41) is 12.7. The molecule has 2 aromatic rings. The lowest BCUT2D eigenvalue weighted by Crippen LogP contribution is -2.46. The fraction of sp³-hybridized carbons (Fsp3) is 0.529. The lowest BCUT2D eigenvalue weighted by Gasteiger charge is -2.34. The largest absolute Gasteiger partial charge is 0.396 e. The van der Waals surface area contributed by atoms with Gasteiger partial charge in [0.15, 0.2) is 5.13 Å². The Kier molecular flexibility index (Phi) is 4.60. The summed E-state index contributed by atoms with van der Waals surface area (Å²) in [6.07, 6.45) is 1.65. The minimum absolute atomic E-state index is 0.0776. The lowest BCUT2D eigenvalue weighted by molar-refractivity contribution is -0.0566. The molecule has 1 aromatic carbocycles. The molecule has 8 heteroatoms. The second kappa shape index (κ2) is 6.87. The van der Waals surface area contributed by atoms with Crippen molar-refractivity contribution in [1.82, 2.24) is 15.2 Å². The van der Waals surface area contributed by atoms with Gasteiger partial charge in [0.25, 0.3) is 5.91 Å². The fourth-order valence-electron chi connectivity index (χ4n) is 3.72. The van der Waals surface area contributed by atoms with Gasteiger partial charge in [-0.1, -0.05) is 11.3 Å². The van der Waals surface area contributed by atoms with Crippen LogP contribution in [0.4, 0.5) is 5.13 Å². The van der Waals surface area contributed by atoms with E-state index in [1.165, 1.54) is 11.3 Å². The number of aliphatic hydroxyl groups is 1. The molecule has 0 spiro atoms. The number of nitrogens with zero attached hydrogens (tertiary/aromatic N) is 2. The van der Waals surface area contributed by atoms with E-state index < -0.39 is 0 Å². The molecule has 0 saturated carbocycles. The van der Waals surface area contributed by atoms with Gasteiger partial charge in [-0.05, 0) is 31.0 Å². The summed E-state index contributed by atoms with van der Waals surface area (Å²) in [5.41, 5.74) is 7.09. The Bertz CT molecular complexity index is 780. The molecule has 2 aliphatic heterocycles. The van der Waals surface area contributed by atoms with Crippen LogP contribution < -0.4 is 11.1 Å². The molecule has 1 aromatic heterocycles. The first kappa shape index (κ1) is 16.7. The number of carbonyl (C=O) groups is 1. The third-order valence-electron chi connectivity index (χ3n) is 4.94. The Hall–Kier alpha value is -1.74. The summed E-state index contributed by atoms with van der Waals surface area (Å²) < 4.78 is 6.77. The first-order chi connectivity index (χ1) is 12.1. The monoisotopic (exact) mass is 362 g/mol. The van der Waals surface area contributed by atoms with Crippen molar-refractivity contribution < 1.29 is 14.6 Å². The van der Waals surface area contributed by atoms with Crippen LogP contribution in [-0.2, 0) is 4.74 Å². The Morgan fingerprint density at radius 1 is 1.48 bits per heavy atom. The van der Waals surface area contributed by atoms with Gasteiger partial charge in [0, 0.05) is 37.3 Å². The maximum Gasteiger partial charge on any atom is 0.251 e. The van der Waals surface area contributed by atoms with Gasteiger partial charge >= 0.3 is 0 Å². The number of hydrogen-bond acceptors (Lipinski definition) is 7. The third-order valence-corrected chi connectivity index (χ3v) is 5.81. The molecular formula is C17H22N4O3S. The number of morpholine rings is 1. The van der Waals surface area contributed by atoms with Crippen LogP contribution in [0.5, 0.6) is 0 Å². The Morgan fingerprint density at radius 3 is 3.20 bits per heavy atom. The quantitative estimate of drug-likeness (QED) is 0.745. The van der Waals surface area contributed by atoms with Crippen LogP contribution in [0.1, 0.15) is 23.2 Å². The van der Waals surface area contributed by atoms with Crippen LogP contribution in [0.2, 0.25) is 0 Å². The molecule has 0 bridgehead atoms. The molecule has 25 heavy (non-hydrogen) atoms. The molecule has 2 saturated heterocycles. The summed E-state index contributed by atoms with van der Waals surface area (Å²) in [7, 11) is 0. The zero-order valence-electron chi connectivity index (χ0n) is 13.9. The minimum atomic E-state index is -0.0776. The maximum atomic E-state index is 12.6. The van der Waals surface area contributed by atoms with Crippen LogP contribution in [0.25, 0.3) is 10.2 Å². The molecule has 0 unspecified atom stereocenters. The summed E-state index contributed by atoms with van der Waals surface area (Å²) in [5.74, 6) is -0.0776. The number of thiazole rings is 1. The number of ether oxygens (including phenoxy) is 1. The molecule has 134 valence electrons. The highest BCUT2D eigenvalue weighted by atomic mass is 32.1. The Morgan fingerprint density at radius 2 is 2.36 bits per heavy atom. The molecule has 0 aliphatic carbocycles. The van der Waals surface area contributed by atoms with E-state index in [2.05, 4.69) is 15.2 Å². The van der Waals surface area contributed by atoms with Gasteiger partial charge in [-0.3, -0.25) is 9.69 Å². The number of aromatic nitrogens is 1. The van der Waals surface area contributed by atoms with Crippen molar-refractivity contribution in [2.75, 3.05) is 32.0 Å². The van der Waals surface area contributed by atoms with E-state index in [4.69, 9.17) is 15.6 Å². The second-order valence-corrected chi connectivity index (χ2v) is 7.78. The van der Waals surface area contributed by atoms with Crippen LogP contribution in [0.3, 0.4) is 0 Å². The van der Waals surface area contributed by atoms with Crippen molar-refractivity contribution in [2.24, 2.45) is 0 Å². The molecule has 4 rings (SSSR count). The molecule has 3 heterocycles. The molecule has 3 atom stereocenters. The summed E-state index contributed by atoms with van der Waals surface area (Å²) >= 11 is 1.42. The summed E-state index contributed by atoms with van der Waals surface area (Å²) in [6.45, 7) is 2.46. The summed E-state index contributed by atoms with van der Waals surface area (Å²) in [6, 6.07) is 5.97. The molecular weight excluding hydrogens is 340 g/mol. The standard InChI is InChI=1S/C17H22N4O3S/c18-17-20-14-5-10(1-2-15(14)25-17)16(23)19-11-6-12-9-24-13(3-4-22)8-21(12)7-11/h1-2,5,11-13,22H,3-4,6-9H2,(H2,18,20)(H,19,23)/t11-,12-,13-/m0/s1. The van der Waals surface area contributed by atoms with Crippen molar-refractivity contribution in [2.45, 2.75) is 31.0 Å². The smallest absolute Gasteiger partial charge is 0.251 e. The zero-order valence-corrected chi connectivity index (χ0v) is 14.7. The fourth-order valence-corrected chi connectivity index (χ4v) is 4.44. The van der Waals surface area contributed by atoms with Gasteiger partial charge in [-0.25, -0.2) is 4.98 Å². The van der Waals surface area contributed by atoms with Gasteiger partial charge in [0.05, 0.1) is 22.9 Å². The molecule has 1 amide bonds. The molecule has 7 nitrogen and oxygen atoms in total. The SMILES string of the molecule is Nc1nc2cc(C(=O)N[C@H]3C[C@H]4CO[C@@H](CCO)CN4C3)ccc2s1. The van der Waals surface area contributed by atoms with Crippen molar-refractivity contribution in [1.29, 1.82) is 0 Å². The van der Waals surface area contributed by atoms with Crippen molar-refractivity contribution in [3.8, 4) is 0 Å². The second-order valence-electron chi connectivity index (χ2n) is 6.72. The van der Waals surface area contributed by atoms with Gasteiger partial charge in [-0.15, -0.1) is 0 Å². The molecule has 4 N–H and O–H groups in total. The van der Waals surface area contributed by atoms with Gasteiger partial charge in [0.2, 0.25) is 0 Å². The highest BCUT2D eigenvalue weighted by Gasteiger charge is 2.37. The zero-order chi connectivity index (χ0) is 17.4. The van der Waals surface area contributed by atoms with E-state index in [1.807, 2.05) is 12.1 Å². The molecule has 2 aliphatic rings. The van der Waals surface area contributed by atoms with Crippen molar-refractivity contribution >= 4 is 32.6 Å². The number of fused-ring (bicyclic) bond motifs is 2.